The number of hydrogen-bond donors (Lipinski definition) is 3. The zero-order valence-corrected chi connectivity index (χ0v) is 15.3. The molecule has 1 unspecified atom stereocenters. The average molecular weight is 366 g/mol. The number of benzene rings is 2. The number of allylic oxidation sites excluding steroid dienone is 1. The summed E-state index contributed by atoms with van der Waals surface area (Å²) in [6.45, 7) is 3.78. The molecule has 0 aromatic heterocycles. The first kappa shape index (κ1) is 18.7. The van der Waals surface area contributed by atoms with Crippen LogP contribution >= 0.6 is 0 Å². The lowest BCUT2D eigenvalue weighted by atomic mass is 9.99. The average Bonchev–Trinajstić information content (AvgIpc) is 2.66. The second-order valence-corrected chi connectivity index (χ2v) is 6.44. The number of carbonyl (C=O) groups is 2. The maximum atomic E-state index is 12.1. The first-order valence-electron chi connectivity index (χ1n) is 8.84. The number of aromatic carboxylic acids is 1. The molecule has 1 atom stereocenters. The van der Waals surface area contributed by atoms with Gasteiger partial charge in [-0.2, -0.15) is 0 Å². The summed E-state index contributed by atoms with van der Waals surface area (Å²) in [6.07, 6.45) is 0.323. The molecule has 3 N–H and O–H groups in total. The Morgan fingerprint density at radius 3 is 2.44 bits per heavy atom. The Bertz CT molecular complexity index is 903. The number of aliphatic hydroxyl groups excluding tert-OH is 1. The van der Waals surface area contributed by atoms with Gasteiger partial charge in [0.05, 0.1) is 11.3 Å². The van der Waals surface area contributed by atoms with Crippen LogP contribution in [0, 0.1) is 0 Å². The molecule has 2 aromatic carbocycles. The lowest BCUT2D eigenvalue weighted by Gasteiger charge is -2.38. The van der Waals surface area contributed by atoms with Gasteiger partial charge in [-0.1, -0.05) is 43.7 Å². The number of nitrogens with zero attached hydrogens (tertiary/aromatic N) is 1. The standard InChI is InChI=1S/C21H22N2O4/c1-3-6-17-13(2)19(24)22-21(27)23(17)18-8-5-4-7-16(18)14-9-11-15(12-10-14)20(25)26/h4-5,7-12,21,27H,3,6H2,1-2H3,(H,22,24)(H,25,26). The van der Waals surface area contributed by atoms with E-state index in [-0.39, 0.29) is 11.5 Å². The van der Waals surface area contributed by atoms with Crippen LogP contribution in [0.5, 0.6) is 0 Å². The molecular weight excluding hydrogens is 344 g/mol. The number of carbonyl (C=O) groups excluding carboxylic acids is 1. The molecule has 2 aromatic rings. The minimum absolute atomic E-state index is 0.212. The van der Waals surface area contributed by atoms with E-state index < -0.39 is 12.3 Å². The molecule has 140 valence electrons. The highest BCUT2D eigenvalue weighted by atomic mass is 16.4. The fourth-order valence-electron chi connectivity index (χ4n) is 3.29. The molecule has 3 rings (SSSR count). The molecule has 1 aliphatic rings. The fourth-order valence-corrected chi connectivity index (χ4v) is 3.29. The van der Waals surface area contributed by atoms with Gasteiger partial charge in [0.2, 0.25) is 6.35 Å². The van der Waals surface area contributed by atoms with Gasteiger partial charge in [0.25, 0.3) is 5.91 Å². The lowest BCUT2D eigenvalue weighted by molar-refractivity contribution is -0.121. The van der Waals surface area contributed by atoms with E-state index in [1.54, 1.807) is 36.1 Å². The molecule has 0 aliphatic carbocycles. The van der Waals surface area contributed by atoms with Gasteiger partial charge in [-0.05, 0) is 37.1 Å². The van der Waals surface area contributed by atoms with Gasteiger partial charge >= 0.3 is 5.97 Å². The second-order valence-electron chi connectivity index (χ2n) is 6.44. The van der Waals surface area contributed by atoms with E-state index in [0.29, 0.717) is 12.0 Å². The molecular formula is C21H22N2O4. The van der Waals surface area contributed by atoms with Gasteiger partial charge in [0.1, 0.15) is 0 Å². The largest absolute Gasteiger partial charge is 0.478 e. The molecule has 0 saturated heterocycles. The van der Waals surface area contributed by atoms with Crippen molar-refractivity contribution in [1.29, 1.82) is 0 Å². The van der Waals surface area contributed by atoms with E-state index in [0.717, 1.165) is 28.9 Å². The molecule has 1 amide bonds. The van der Waals surface area contributed by atoms with Crippen LogP contribution in [0.3, 0.4) is 0 Å². The highest BCUT2D eigenvalue weighted by Crippen LogP contribution is 2.36. The SMILES string of the molecule is CCCC1=C(C)C(=O)NC(O)N1c1ccccc1-c1ccc(C(=O)O)cc1. The Hall–Kier alpha value is -3.12. The summed E-state index contributed by atoms with van der Waals surface area (Å²) in [5.74, 6) is -1.25. The Morgan fingerprint density at radius 2 is 1.81 bits per heavy atom. The van der Waals surface area contributed by atoms with Crippen molar-refractivity contribution in [3.05, 3.63) is 65.4 Å². The third kappa shape index (κ3) is 3.57. The third-order valence-corrected chi connectivity index (χ3v) is 4.66. The maximum absolute atomic E-state index is 12.1. The van der Waals surface area contributed by atoms with Crippen molar-refractivity contribution in [3.63, 3.8) is 0 Å². The van der Waals surface area contributed by atoms with Crippen LogP contribution in [0.1, 0.15) is 37.0 Å². The van der Waals surface area contributed by atoms with Crippen LogP contribution in [0.25, 0.3) is 11.1 Å². The molecule has 0 radical (unpaired) electrons. The second kappa shape index (κ2) is 7.63. The normalized spacial score (nSPS) is 17.1. The van der Waals surface area contributed by atoms with Gasteiger partial charge in [0.15, 0.2) is 0 Å². The molecule has 6 nitrogen and oxygen atoms in total. The summed E-state index contributed by atoms with van der Waals surface area (Å²) in [6, 6.07) is 14.1. The van der Waals surface area contributed by atoms with Crippen LogP contribution in [0.15, 0.2) is 59.8 Å². The number of nitrogens with one attached hydrogen (secondary N) is 1. The van der Waals surface area contributed by atoms with E-state index in [9.17, 15) is 14.7 Å². The number of carboxylic acids is 1. The van der Waals surface area contributed by atoms with E-state index >= 15 is 0 Å². The molecule has 6 heteroatoms. The van der Waals surface area contributed by atoms with Gasteiger partial charge in [-0.3, -0.25) is 4.79 Å². The van der Waals surface area contributed by atoms with Gasteiger partial charge in [-0.25, -0.2) is 4.79 Å². The lowest BCUT2D eigenvalue weighted by Crippen LogP contribution is -2.53. The molecule has 0 bridgehead atoms. The number of aliphatic hydroxyl groups is 1. The van der Waals surface area contributed by atoms with E-state index in [1.165, 1.54) is 0 Å². The summed E-state index contributed by atoms with van der Waals surface area (Å²) >= 11 is 0. The Morgan fingerprint density at radius 1 is 1.15 bits per heavy atom. The monoisotopic (exact) mass is 366 g/mol. The summed E-state index contributed by atoms with van der Waals surface area (Å²) in [5, 5.41) is 22.3. The van der Waals surface area contributed by atoms with Crippen molar-refractivity contribution in [2.45, 2.75) is 33.0 Å². The van der Waals surface area contributed by atoms with Crippen molar-refractivity contribution >= 4 is 17.6 Å². The van der Waals surface area contributed by atoms with Crippen LogP contribution < -0.4 is 10.2 Å². The smallest absolute Gasteiger partial charge is 0.335 e. The third-order valence-electron chi connectivity index (χ3n) is 4.66. The molecule has 0 spiro atoms. The van der Waals surface area contributed by atoms with Crippen molar-refractivity contribution in [3.8, 4) is 11.1 Å². The van der Waals surface area contributed by atoms with Crippen molar-refractivity contribution < 1.29 is 19.8 Å². The summed E-state index contributed by atoms with van der Waals surface area (Å²) in [5.41, 5.74) is 3.99. The number of hydrogen-bond acceptors (Lipinski definition) is 4. The fraction of sp³-hybridized carbons (Fsp3) is 0.238. The Labute approximate surface area is 157 Å². The predicted molar refractivity (Wildman–Crippen MR) is 103 cm³/mol. The van der Waals surface area contributed by atoms with Crippen LogP contribution in [0.4, 0.5) is 5.69 Å². The molecule has 0 fully saturated rings. The highest BCUT2D eigenvalue weighted by molar-refractivity contribution is 5.97. The molecule has 0 saturated carbocycles. The number of para-hydroxylation sites is 1. The summed E-state index contributed by atoms with van der Waals surface area (Å²) in [7, 11) is 0. The van der Waals surface area contributed by atoms with Crippen molar-refractivity contribution in [2.24, 2.45) is 0 Å². The van der Waals surface area contributed by atoms with Crippen LogP contribution in [-0.4, -0.2) is 28.4 Å². The van der Waals surface area contributed by atoms with E-state index in [2.05, 4.69) is 5.32 Å². The zero-order chi connectivity index (χ0) is 19.6. The number of rotatable bonds is 5. The zero-order valence-electron chi connectivity index (χ0n) is 15.3. The van der Waals surface area contributed by atoms with Crippen LogP contribution in [-0.2, 0) is 4.79 Å². The first-order valence-corrected chi connectivity index (χ1v) is 8.84. The molecule has 1 aliphatic heterocycles. The summed E-state index contributed by atoms with van der Waals surface area (Å²) in [4.78, 5) is 24.9. The van der Waals surface area contributed by atoms with E-state index in [4.69, 9.17) is 5.11 Å². The van der Waals surface area contributed by atoms with E-state index in [1.807, 2.05) is 31.2 Å². The topological polar surface area (TPSA) is 89.9 Å². The van der Waals surface area contributed by atoms with Crippen molar-refractivity contribution in [1.82, 2.24) is 5.32 Å². The van der Waals surface area contributed by atoms with Crippen LogP contribution in [0.2, 0.25) is 0 Å². The first-order chi connectivity index (χ1) is 12.9. The predicted octanol–water partition coefficient (Wildman–Crippen LogP) is 3.34. The number of carboxylic acid groups (broad SMARTS) is 1. The number of amides is 1. The Kier molecular flexibility index (Phi) is 5.28. The summed E-state index contributed by atoms with van der Waals surface area (Å²) < 4.78 is 0. The quantitative estimate of drug-likeness (QED) is 0.755. The molecule has 27 heavy (non-hydrogen) atoms. The number of anilines is 1. The maximum Gasteiger partial charge on any atom is 0.335 e. The minimum atomic E-state index is -1.16. The van der Waals surface area contributed by atoms with Gasteiger partial charge in [0, 0.05) is 16.8 Å². The highest BCUT2D eigenvalue weighted by Gasteiger charge is 2.31. The van der Waals surface area contributed by atoms with Gasteiger partial charge < -0.3 is 20.4 Å². The van der Waals surface area contributed by atoms with Crippen molar-refractivity contribution in [2.75, 3.05) is 4.90 Å². The van der Waals surface area contributed by atoms with Gasteiger partial charge in [-0.15, -0.1) is 0 Å². The Balaban J connectivity index is 2.12. The minimum Gasteiger partial charge on any atom is -0.478 e. The molecule has 1 heterocycles.